The van der Waals surface area contributed by atoms with Gasteiger partial charge in [0.1, 0.15) is 18.1 Å². The first-order valence-corrected chi connectivity index (χ1v) is 12.9. The lowest BCUT2D eigenvalue weighted by Crippen LogP contribution is -2.39. The second-order valence-electron chi connectivity index (χ2n) is 10.0. The van der Waals surface area contributed by atoms with Crippen LogP contribution in [0.1, 0.15) is 51.1 Å². The van der Waals surface area contributed by atoms with Crippen LogP contribution in [0, 0.1) is 17.8 Å². The minimum Gasteiger partial charge on any atom is -0.459 e. The molecule has 5 N–H and O–H groups in total. The van der Waals surface area contributed by atoms with E-state index in [-0.39, 0.29) is 30.3 Å². The Morgan fingerprint density at radius 3 is 2.58 bits per heavy atom. The Kier molecular flexibility index (Phi) is 8.69. The first-order valence-electron chi connectivity index (χ1n) is 12.9. The van der Waals surface area contributed by atoms with Crippen LogP contribution >= 0.6 is 0 Å². The van der Waals surface area contributed by atoms with Crippen LogP contribution in [0.4, 0.5) is 5.69 Å². The number of hydrogen-bond acceptors (Lipinski definition) is 8. The van der Waals surface area contributed by atoms with E-state index in [1.165, 1.54) is 12.1 Å². The summed E-state index contributed by atoms with van der Waals surface area (Å²) in [6.07, 6.45) is 2.74. The van der Waals surface area contributed by atoms with E-state index in [1.807, 2.05) is 19.9 Å². The molecule has 1 saturated heterocycles. The van der Waals surface area contributed by atoms with Gasteiger partial charge >= 0.3 is 7.12 Å². The van der Waals surface area contributed by atoms with Crippen molar-refractivity contribution in [2.75, 3.05) is 11.5 Å². The minimum absolute atomic E-state index is 0.158. The van der Waals surface area contributed by atoms with Crippen LogP contribution < -0.4 is 10.4 Å². The molecule has 4 atom stereocenters. The number of amides is 2. The molecule has 0 unspecified atom stereocenters. The van der Waals surface area contributed by atoms with Gasteiger partial charge in [-0.15, -0.1) is 0 Å². The zero-order valence-corrected chi connectivity index (χ0v) is 21.6. The molecule has 1 aromatic heterocycles. The maximum atomic E-state index is 13.6. The molecular weight excluding hydrogens is 489 g/mol. The molecular formula is C28H34BNO8. The number of furan rings is 1. The number of nitrogens with zero attached hydrogens (tertiary/aromatic N) is 1. The Balaban J connectivity index is 1.56. The molecule has 10 heteroatoms. The first kappa shape index (κ1) is 28.0. The average molecular weight is 523 g/mol. The molecule has 38 heavy (non-hydrogen) atoms. The van der Waals surface area contributed by atoms with Crippen molar-refractivity contribution in [3.05, 3.63) is 64.6 Å². The van der Waals surface area contributed by atoms with Gasteiger partial charge in [0, 0.05) is 5.92 Å². The van der Waals surface area contributed by atoms with Crippen LogP contribution in [-0.4, -0.2) is 57.0 Å². The molecule has 1 aliphatic heterocycles. The number of allylic oxidation sites excluding steroid dienone is 2. The van der Waals surface area contributed by atoms with Crippen molar-refractivity contribution < 1.29 is 39.4 Å². The van der Waals surface area contributed by atoms with Gasteiger partial charge in [-0.1, -0.05) is 30.2 Å². The molecule has 0 bridgehead atoms. The number of imide groups is 1. The van der Waals surface area contributed by atoms with E-state index in [2.05, 4.69) is 0 Å². The minimum atomic E-state index is -1.74. The van der Waals surface area contributed by atoms with Crippen LogP contribution in [0.2, 0.25) is 0 Å². The second-order valence-corrected chi connectivity index (χ2v) is 10.0. The Hall–Kier alpha value is -3.02. The number of carbonyl (C=O) groups is 2. The lowest BCUT2D eigenvalue weighted by Gasteiger charge is -2.36. The van der Waals surface area contributed by atoms with Crippen molar-refractivity contribution in [1.82, 2.24) is 0 Å². The number of aliphatic hydroxyl groups excluding tert-OH is 3. The number of aliphatic hydroxyl groups is 3. The Morgan fingerprint density at radius 1 is 1.18 bits per heavy atom. The molecule has 2 heterocycles. The van der Waals surface area contributed by atoms with Gasteiger partial charge < -0.3 is 29.8 Å². The number of benzene rings is 1. The number of fused-ring (bicyclic) bond motifs is 1. The first-order chi connectivity index (χ1) is 18.2. The van der Waals surface area contributed by atoms with Crippen molar-refractivity contribution in [2.45, 2.75) is 52.2 Å². The molecule has 0 radical (unpaired) electrons. The summed E-state index contributed by atoms with van der Waals surface area (Å²) in [7, 11) is -1.74. The number of hydrogen-bond donors (Lipinski definition) is 5. The van der Waals surface area contributed by atoms with Crippen LogP contribution in [0.5, 0.6) is 0 Å². The average Bonchev–Trinajstić information content (AvgIpc) is 3.47. The Bertz CT molecular complexity index is 1250. The van der Waals surface area contributed by atoms with Crippen LogP contribution in [-0.2, 0) is 16.2 Å². The Morgan fingerprint density at radius 2 is 1.95 bits per heavy atom. The molecule has 0 spiro atoms. The quantitative estimate of drug-likeness (QED) is 0.179. The highest BCUT2D eigenvalue weighted by Crippen LogP contribution is 2.47. The summed E-state index contributed by atoms with van der Waals surface area (Å²) in [5.74, 6) is -1.95. The van der Waals surface area contributed by atoms with Crippen LogP contribution in [0.3, 0.4) is 0 Å². The van der Waals surface area contributed by atoms with Crippen molar-refractivity contribution >= 4 is 36.2 Å². The van der Waals surface area contributed by atoms with E-state index >= 15 is 0 Å². The maximum absolute atomic E-state index is 13.6. The molecule has 2 aliphatic rings. The van der Waals surface area contributed by atoms with E-state index < -0.39 is 36.9 Å². The molecule has 9 nitrogen and oxygen atoms in total. The molecule has 2 amide bonds. The number of anilines is 1. The largest absolute Gasteiger partial charge is 0.488 e. The molecule has 2 aromatic rings. The summed E-state index contributed by atoms with van der Waals surface area (Å²) >= 11 is 0. The smallest absolute Gasteiger partial charge is 0.459 e. The summed E-state index contributed by atoms with van der Waals surface area (Å²) in [5, 5.41) is 49.9. The van der Waals surface area contributed by atoms with Crippen LogP contribution in [0.15, 0.2) is 57.5 Å². The lowest BCUT2D eigenvalue weighted by atomic mass is 9.67. The van der Waals surface area contributed by atoms with Crippen LogP contribution in [0.25, 0.3) is 6.08 Å². The fourth-order valence-electron chi connectivity index (χ4n) is 5.77. The van der Waals surface area contributed by atoms with Gasteiger partial charge in [-0.25, -0.2) is 0 Å². The van der Waals surface area contributed by atoms with Gasteiger partial charge in [-0.2, -0.15) is 0 Å². The third kappa shape index (κ3) is 5.41. The number of carbonyl (C=O) groups excluding carboxylic acids is 2. The van der Waals surface area contributed by atoms with E-state index in [4.69, 9.17) is 4.42 Å². The lowest BCUT2D eigenvalue weighted by molar-refractivity contribution is -0.123. The molecule has 202 valence electrons. The predicted molar refractivity (Wildman–Crippen MR) is 142 cm³/mol. The maximum Gasteiger partial charge on any atom is 0.488 e. The third-order valence-corrected chi connectivity index (χ3v) is 7.63. The summed E-state index contributed by atoms with van der Waals surface area (Å²) in [6.45, 7) is 3.28. The van der Waals surface area contributed by atoms with Crippen molar-refractivity contribution in [3.63, 3.8) is 0 Å². The number of rotatable bonds is 10. The highest BCUT2D eigenvalue weighted by molar-refractivity contribution is 6.58. The molecule has 1 aliphatic carbocycles. The van der Waals surface area contributed by atoms with Gasteiger partial charge in [-0.05, 0) is 74.0 Å². The standard InChI is InChI=1S/C28H34BNO8/c1-3-17-12-22-26(28(35)30(27(22)34)19-6-4-5-18(13-19)29(36)37)23(15-32)25(17)24(33)10-7-16(2)11-20-8-9-21(14-31)38-20/h4-6,8-9,11,13,22-24,26,31-33,36-37H,3,7,10,12,14-15H2,1-2H3/b16-11+/t22-,23+,24-,26-/m1/s1. The van der Waals surface area contributed by atoms with E-state index in [0.717, 1.165) is 16.0 Å². The summed E-state index contributed by atoms with van der Waals surface area (Å²) in [4.78, 5) is 28.1. The highest BCUT2D eigenvalue weighted by atomic mass is 16.4. The highest BCUT2D eigenvalue weighted by Gasteiger charge is 2.55. The predicted octanol–water partition coefficient (Wildman–Crippen LogP) is 1.52. The topological polar surface area (TPSA) is 152 Å². The van der Waals surface area contributed by atoms with Gasteiger partial charge in [0.2, 0.25) is 11.8 Å². The SMILES string of the molecule is CCC1=C([C@H](O)CC/C(C)=C/c2ccc(CO)o2)[C@H](CO)[C@@H]2C(=O)N(c3cccc(B(O)O)c3)C(=O)[C@@H]2C1. The zero-order chi connectivity index (χ0) is 27.6. The summed E-state index contributed by atoms with van der Waals surface area (Å²) in [6, 6.07) is 9.45. The van der Waals surface area contributed by atoms with Gasteiger partial charge in [-0.3, -0.25) is 14.5 Å². The fourth-order valence-corrected chi connectivity index (χ4v) is 5.77. The summed E-state index contributed by atoms with van der Waals surface area (Å²) < 4.78 is 5.50. The third-order valence-electron chi connectivity index (χ3n) is 7.63. The summed E-state index contributed by atoms with van der Waals surface area (Å²) in [5.41, 5.74) is 2.87. The van der Waals surface area contributed by atoms with E-state index in [0.29, 0.717) is 42.8 Å². The molecule has 4 rings (SSSR count). The molecule has 0 saturated carbocycles. The monoisotopic (exact) mass is 523 g/mol. The van der Waals surface area contributed by atoms with Gasteiger partial charge in [0.25, 0.3) is 0 Å². The normalized spacial score (nSPS) is 22.8. The van der Waals surface area contributed by atoms with E-state index in [1.54, 1.807) is 24.3 Å². The van der Waals surface area contributed by atoms with Gasteiger partial charge in [0.15, 0.2) is 0 Å². The molecule has 1 fully saturated rings. The van der Waals surface area contributed by atoms with Crippen molar-refractivity contribution in [3.8, 4) is 0 Å². The van der Waals surface area contributed by atoms with Crippen molar-refractivity contribution in [2.24, 2.45) is 17.8 Å². The Labute approximate surface area is 221 Å². The fraction of sp³-hybridized carbons (Fsp3) is 0.429. The zero-order valence-electron chi connectivity index (χ0n) is 21.6. The second kappa shape index (κ2) is 11.8. The van der Waals surface area contributed by atoms with Crippen molar-refractivity contribution in [1.29, 1.82) is 0 Å². The molecule has 1 aromatic carbocycles. The van der Waals surface area contributed by atoms with Gasteiger partial charge in [0.05, 0.1) is 30.2 Å². The van der Waals surface area contributed by atoms with E-state index in [9.17, 15) is 35.0 Å².